The second-order valence-electron chi connectivity index (χ2n) is 8.10. The molecular weight excluding hydrogens is 406 g/mol. The van der Waals surface area contributed by atoms with E-state index in [1.54, 1.807) is 10.7 Å². The molecule has 2 aromatic carbocycles. The molecule has 0 atom stereocenters. The molecule has 1 amide bonds. The third-order valence-electron chi connectivity index (χ3n) is 5.93. The Labute approximate surface area is 187 Å². The molecule has 1 fully saturated rings. The van der Waals surface area contributed by atoms with E-state index < -0.39 is 0 Å². The minimum atomic E-state index is -0.379. The molecular formula is C24H27N5O3. The number of nitro groups is 1. The summed E-state index contributed by atoms with van der Waals surface area (Å²) in [6.07, 6.45) is 0.946. The summed E-state index contributed by atoms with van der Waals surface area (Å²) in [4.78, 5) is 28.1. The number of hydrogen-bond donors (Lipinski definition) is 0. The van der Waals surface area contributed by atoms with Crippen molar-refractivity contribution in [2.24, 2.45) is 0 Å². The van der Waals surface area contributed by atoms with Gasteiger partial charge in [-0.05, 0) is 56.2 Å². The molecule has 1 aliphatic heterocycles. The summed E-state index contributed by atoms with van der Waals surface area (Å²) in [5.74, 6) is 0.0410. The van der Waals surface area contributed by atoms with Gasteiger partial charge in [-0.2, -0.15) is 5.10 Å². The summed E-state index contributed by atoms with van der Waals surface area (Å²) in [6, 6.07) is 14.8. The maximum atomic E-state index is 12.9. The van der Waals surface area contributed by atoms with Gasteiger partial charge in [0.25, 0.3) is 11.6 Å². The average Bonchev–Trinajstić information content (AvgIpc) is 3.16. The van der Waals surface area contributed by atoms with Crippen molar-refractivity contribution >= 4 is 17.3 Å². The first-order valence-corrected chi connectivity index (χ1v) is 10.8. The van der Waals surface area contributed by atoms with E-state index >= 15 is 0 Å². The number of aromatic nitrogens is 2. The molecule has 32 heavy (non-hydrogen) atoms. The zero-order valence-electron chi connectivity index (χ0n) is 18.6. The van der Waals surface area contributed by atoms with Crippen LogP contribution in [0.3, 0.4) is 0 Å². The topological polar surface area (TPSA) is 84.5 Å². The summed E-state index contributed by atoms with van der Waals surface area (Å²) in [5, 5.41) is 16.0. The molecule has 1 saturated heterocycles. The van der Waals surface area contributed by atoms with E-state index in [0.29, 0.717) is 37.4 Å². The average molecular weight is 434 g/mol. The van der Waals surface area contributed by atoms with Gasteiger partial charge in [-0.3, -0.25) is 14.9 Å². The van der Waals surface area contributed by atoms with Crippen molar-refractivity contribution in [2.45, 2.75) is 27.2 Å². The van der Waals surface area contributed by atoms with Crippen LogP contribution < -0.4 is 4.90 Å². The summed E-state index contributed by atoms with van der Waals surface area (Å²) in [6.45, 7) is 8.36. The smallest absolute Gasteiger partial charge is 0.295 e. The van der Waals surface area contributed by atoms with Crippen molar-refractivity contribution in [3.63, 3.8) is 0 Å². The predicted molar refractivity (Wildman–Crippen MR) is 124 cm³/mol. The fourth-order valence-electron chi connectivity index (χ4n) is 4.14. The number of carbonyl (C=O) groups is 1. The van der Waals surface area contributed by atoms with Crippen LogP contribution >= 0.6 is 0 Å². The quantitative estimate of drug-likeness (QED) is 0.450. The van der Waals surface area contributed by atoms with Crippen molar-refractivity contribution in [3.05, 3.63) is 81.2 Å². The van der Waals surface area contributed by atoms with Gasteiger partial charge in [0.1, 0.15) is 5.69 Å². The number of nitrogens with zero attached hydrogens (tertiary/aromatic N) is 5. The number of aryl methyl sites for hydroxylation is 3. The van der Waals surface area contributed by atoms with Crippen molar-refractivity contribution < 1.29 is 9.72 Å². The van der Waals surface area contributed by atoms with Gasteiger partial charge in [0.15, 0.2) is 0 Å². The molecule has 1 aliphatic rings. The highest BCUT2D eigenvalue weighted by molar-refractivity contribution is 5.94. The number of carbonyl (C=O) groups excluding carboxylic acids is 1. The number of benzene rings is 2. The molecule has 4 rings (SSSR count). The first kappa shape index (κ1) is 21.5. The molecule has 166 valence electrons. The first-order chi connectivity index (χ1) is 15.4. The molecule has 8 heteroatoms. The Morgan fingerprint density at radius 2 is 1.72 bits per heavy atom. The highest BCUT2D eigenvalue weighted by Crippen LogP contribution is 2.30. The Hall–Kier alpha value is -3.68. The number of hydrogen-bond acceptors (Lipinski definition) is 5. The van der Waals surface area contributed by atoms with Gasteiger partial charge < -0.3 is 9.80 Å². The minimum absolute atomic E-state index is 0.0179. The fourth-order valence-corrected chi connectivity index (χ4v) is 4.14. The summed E-state index contributed by atoms with van der Waals surface area (Å²) in [7, 11) is 0. The van der Waals surface area contributed by atoms with Crippen molar-refractivity contribution in [1.29, 1.82) is 0 Å². The van der Waals surface area contributed by atoms with Crippen molar-refractivity contribution in [1.82, 2.24) is 14.7 Å². The Bertz CT molecular complexity index is 1140. The van der Waals surface area contributed by atoms with Crippen LogP contribution in [0.2, 0.25) is 0 Å². The van der Waals surface area contributed by atoms with Crippen LogP contribution in [0, 0.1) is 24.0 Å². The van der Waals surface area contributed by atoms with E-state index in [0.717, 1.165) is 23.5 Å². The molecule has 0 bridgehead atoms. The molecule has 0 unspecified atom stereocenters. The second kappa shape index (κ2) is 8.82. The van der Waals surface area contributed by atoms with Crippen LogP contribution in [0.1, 0.15) is 34.2 Å². The standard InChI is InChI=1S/C24H27N5O3/c1-4-19-5-7-20(8-6-19)24(30)27-13-11-26(12-14-27)21-9-10-22(29(31)32)23(16-21)28-18(3)15-17(2)25-28/h5-10,15-16H,4,11-14H2,1-3H3. The lowest BCUT2D eigenvalue weighted by Crippen LogP contribution is -2.48. The van der Waals surface area contributed by atoms with Crippen LogP contribution in [0.15, 0.2) is 48.5 Å². The second-order valence-corrected chi connectivity index (χ2v) is 8.10. The molecule has 0 saturated carbocycles. The van der Waals surface area contributed by atoms with E-state index in [-0.39, 0.29) is 16.5 Å². The summed E-state index contributed by atoms with van der Waals surface area (Å²) >= 11 is 0. The van der Waals surface area contributed by atoms with Crippen LogP contribution in [0.5, 0.6) is 0 Å². The molecule has 3 aromatic rings. The van der Waals surface area contributed by atoms with Crippen LogP contribution in [-0.2, 0) is 6.42 Å². The van der Waals surface area contributed by atoms with Crippen LogP contribution in [0.25, 0.3) is 5.69 Å². The van der Waals surface area contributed by atoms with Crippen molar-refractivity contribution in [2.75, 3.05) is 31.1 Å². The molecule has 0 N–H and O–H groups in total. The molecule has 8 nitrogen and oxygen atoms in total. The van der Waals surface area contributed by atoms with Crippen LogP contribution in [0.4, 0.5) is 11.4 Å². The number of amides is 1. The lowest BCUT2D eigenvalue weighted by molar-refractivity contribution is -0.384. The maximum absolute atomic E-state index is 12.9. The Morgan fingerprint density at radius 3 is 2.28 bits per heavy atom. The number of rotatable bonds is 5. The number of nitro benzene ring substituents is 1. The highest BCUT2D eigenvalue weighted by Gasteiger charge is 2.25. The molecule has 1 aromatic heterocycles. The fraction of sp³-hybridized carbons (Fsp3) is 0.333. The van der Waals surface area contributed by atoms with Gasteiger partial charge in [0.2, 0.25) is 0 Å². The predicted octanol–water partition coefficient (Wildman–Crippen LogP) is 3.92. The summed E-state index contributed by atoms with van der Waals surface area (Å²) < 4.78 is 1.62. The largest absolute Gasteiger partial charge is 0.368 e. The van der Waals surface area contributed by atoms with E-state index in [4.69, 9.17) is 0 Å². The van der Waals surface area contributed by atoms with Crippen molar-refractivity contribution in [3.8, 4) is 5.69 Å². The zero-order chi connectivity index (χ0) is 22.8. The van der Waals surface area contributed by atoms with Crippen LogP contribution in [-0.4, -0.2) is 51.7 Å². The van der Waals surface area contributed by atoms with E-state index in [1.165, 1.54) is 11.6 Å². The molecule has 0 radical (unpaired) electrons. The normalized spacial score (nSPS) is 14.0. The Kier molecular flexibility index (Phi) is 5.94. The number of anilines is 1. The zero-order valence-corrected chi connectivity index (χ0v) is 18.6. The maximum Gasteiger partial charge on any atom is 0.295 e. The third kappa shape index (κ3) is 4.21. The van der Waals surface area contributed by atoms with Gasteiger partial charge >= 0.3 is 0 Å². The SMILES string of the molecule is CCc1ccc(C(=O)N2CCN(c3ccc([N+](=O)[O-])c(-n4nc(C)cc4C)c3)CC2)cc1. The Morgan fingerprint density at radius 1 is 1.03 bits per heavy atom. The minimum Gasteiger partial charge on any atom is -0.368 e. The van der Waals surface area contributed by atoms with E-state index in [1.807, 2.05) is 55.1 Å². The van der Waals surface area contributed by atoms with E-state index in [9.17, 15) is 14.9 Å². The van der Waals surface area contributed by atoms with Gasteiger partial charge in [-0.25, -0.2) is 4.68 Å². The third-order valence-corrected chi connectivity index (χ3v) is 5.93. The molecule has 2 heterocycles. The van der Waals surface area contributed by atoms with Gasteiger partial charge in [0.05, 0.1) is 10.6 Å². The Balaban J connectivity index is 1.52. The lowest BCUT2D eigenvalue weighted by atomic mass is 10.1. The monoisotopic (exact) mass is 433 g/mol. The van der Waals surface area contributed by atoms with Gasteiger partial charge in [-0.15, -0.1) is 0 Å². The van der Waals surface area contributed by atoms with Gasteiger partial charge in [0, 0.05) is 49.2 Å². The van der Waals surface area contributed by atoms with E-state index in [2.05, 4.69) is 16.9 Å². The first-order valence-electron chi connectivity index (χ1n) is 10.8. The number of piperazine rings is 1. The molecule has 0 spiro atoms. The molecule has 0 aliphatic carbocycles. The highest BCUT2D eigenvalue weighted by atomic mass is 16.6. The van der Waals surface area contributed by atoms with Gasteiger partial charge in [-0.1, -0.05) is 19.1 Å². The lowest BCUT2D eigenvalue weighted by Gasteiger charge is -2.36. The summed E-state index contributed by atoms with van der Waals surface area (Å²) in [5.41, 5.74) is 4.92.